The normalized spacial score (nSPS) is 30.2. The number of hydrogen-bond donors (Lipinski definition) is 3. The van der Waals surface area contributed by atoms with Gasteiger partial charge < -0.3 is 14.9 Å². The molecule has 3 atom stereocenters. The summed E-state index contributed by atoms with van der Waals surface area (Å²) in [5.74, 6) is 0. The molecule has 0 amide bonds. The predicted octanol–water partition coefficient (Wildman–Crippen LogP) is -1.54. The molecule has 0 saturated carbocycles. The number of halogens is 1. The molecular weight excluding hydrogens is 369 g/mol. The zero-order valence-electron chi connectivity index (χ0n) is 9.54. The molecule has 0 bridgehead atoms. The van der Waals surface area contributed by atoms with Crippen LogP contribution in [0.5, 0.6) is 0 Å². The fourth-order valence-corrected chi connectivity index (χ4v) is 2.36. The monoisotopic (exact) mass is 379 g/mol. The van der Waals surface area contributed by atoms with Gasteiger partial charge in [0, 0.05) is 12.6 Å². The first-order chi connectivity index (χ1) is 8.93. The summed E-state index contributed by atoms with van der Waals surface area (Å²) in [6.45, 7) is -0.472. The molecule has 1 saturated heterocycles. The Balaban J connectivity index is 2.56. The van der Waals surface area contributed by atoms with E-state index in [0.717, 1.165) is 4.57 Å². The van der Waals surface area contributed by atoms with Crippen LogP contribution in [0, 0.1) is 14.9 Å². The van der Waals surface area contributed by atoms with Crippen LogP contribution < -0.4 is 11.2 Å². The highest BCUT2D eigenvalue weighted by atomic mass is 127. The van der Waals surface area contributed by atoms with E-state index in [9.17, 15) is 20.0 Å². The molecule has 0 aliphatic carbocycles. The number of aromatic nitrogens is 2. The van der Waals surface area contributed by atoms with Crippen molar-refractivity contribution in [2.45, 2.75) is 24.4 Å². The van der Waals surface area contributed by atoms with Crippen LogP contribution >= 0.6 is 22.6 Å². The summed E-state index contributed by atoms with van der Waals surface area (Å²) in [6, 6.07) is 1.82. The number of nitriles is 1. The van der Waals surface area contributed by atoms with Crippen molar-refractivity contribution in [2.75, 3.05) is 6.61 Å². The van der Waals surface area contributed by atoms with Crippen LogP contribution in [0.3, 0.4) is 0 Å². The van der Waals surface area contributed by atoms with Gasteiger partial charge in [0.2, 0.25) is 5.72 Å². The lowest BCUT2D eigenvalue weighted by Crippen LogP contribution is -2.44. The standard InChI is InChI=1S/C10H10IN3O5/c11-5-2-14(9(18)13-8(5)17)10(4-12)1-6(16)7(3-15)19-10/h2,6-7,15-16H,1,3H2,(H,13,17,18)/t6-,7+,10-/m0/s1. The zero-order chi connectivity index (χ0) is 14.2. The number of hydrogen-bond acceptors (Lipinski definition) is 6. The molecule has 0 aromatic carbocycles. The molecule has 0 radical (unpaired) electrons. The van der Waals surface area contributed by atoms with E-state index in [1.54, 1.807) is 22.6 Å². The Labute approximate surface area is 120 Å². The Morgan fingerprint density at radius 3 is 2.89 bits per heavy atom. The van der Waals surface area contributed by atoms with Gasteiger partial charge >= 0.3 is 5.69 Å². The van der Waals surface area contributed by atoms with Gasteiger partial charge in [-0.25, -0.2) is 4.79 Å². The minimum Gasteiger partial charge on any atom is -0.394 e. The summed E-state index contributed by atoms with van der Waals surface area (Å²) in [4.78, 5) is 25.1. The van der Waals surface area contributed by atoms with E-state index in [0.29, 0.717) is 0 Å². The van der Waals surface area contributed by atoms with Crippen molar-refractivity contribution in [3.63, 3.8) is 0 Å². The number of nitrogens with zero attached hydrogens (tertiary/aromatic N) is 2. The lowest BCUT2D eigenvalue weighted by atomic mass is 10.1. The third kappa shape index (κ3) is 2.32. The molecule has 102 valence electrons. The van der Waals surface area contributed by atoms with Gasteiger partial charge in [-0.3, -0.25) is 14.3 Å². The first-order valence-electron chi connectivity index (χ1n) is 5.33. The van der Waals surface area contributed by atoms with Crippen LogP contribution in [0.15, 0.2) is 15.8 Å². The van der Waals surface area contributed by atoms with Gasteiger partial charge in [0.25, 0.3) is 5.56 Å². The number of ether oxygens (including phenoxy) is 1. The minimum absolute atomic E-state index is 0.170. The SMILES string of the molecule is N#C[C@]1(n2cc(I)c(=O)[nH]c2=O)C[C@H](O)[C@@H](CO)O1. The number of H-pyrrole nitrogens is 1. The second-order valence-corrected chi connectivity index (χ2v) is 5.28. The first-order valence-corrected chi connectivity index (χ1v) is 6.41. The zero-order valence-corrected chi connectivity index (χ0v) is 11.7. The maximum absolute atomic E-state index is 11.8. The molecule has 8 nitrogen and oxygen atoms in total. The second-order valence-electron chi connectivity index (χ2n) is 4.11. The maximum atomic E-state index is 11.8. The average molecular weight is 379 g/mol. The van der Waals surface area contributed by atoms with Crippen molar-refractivity contribution in [2.24, 2.45) is 0 Å². The van der Waals surface area contributed by atoms with Crippen LogP contribution in [0.25, 0.3) is 0 Å². The van der Waals surface area contributed by atoms with Gasteiger partial charge in [-0.15, -0.1) is 0 Å². The fourth-order valence-electron chi connectivity index (χ4n) is 1.95. The van der Waals surface area contributed by atoms with E-state index in [-0.39, 0.29) is 9.99 Å². The predicted molar refractivity (Wildman–Crippen MR) is 70.2 cm³/mol. The van der Waals surface area contributed by atoms with Crippen LogP contribution in [0.4, 0.5) is 0 Å². The highest BCUT2D eigenvalue weighted by Gasteiger charge is 2.48. The van der Waals surface area contributed by atoms with Crippen molar-refractivity contribution >= 4 is 22.6 Å². The van der Waals surface area contributed by atoms with Crippen LogP contribution in [0.1, 0.15) is 6.42 Å². The first kappa shape index (κ1) is 14.2. The number of aromatic amines is 1. The van der Waals surface area contributed by atoms with Crippen molar-refractivity contribution in [3.05, 3.63) is 30.6 Å². The molecule has 1 aromatic rings. The quantitative estimate of drug-likeness (QED) is 0.535. The Morgan fingerprint density at radius 2 is 2.37 bits per heavy atom. The topological polar surface area (TPSA) is 128 Å². The van der Waals surface area contributed by atoms with Crippen molar-refractivity contribution in [1.82, 2.24) is 9.55 Å². The number of rotatable bonds is 2. The lowest BCUT2D eigenvalue weighted by Gasteiger charge is -2.23. The fraction of sp³-hybridized carbons (Fsp3) is 0.500. The summed E-state index contributed by atoms with van der Waals surface area (Å²) in [5.41, 5.74) is -3.10. The smallest absolute Gasteiger partial charge is 0.331 e. The molecule has 1 aromatic heterocycles. The van der Waals surface area contributed by atoms with Crippen LogP contribution in [0.2, 0.25) is 0 Å². The molecule has 0 spiro atoms. The van der Waals surface area contributed by atoms with Gasteiger partial charge in [0.1, 0.15) is 12.2 Å². The maximum Gasteiger partial charge on any atom is 0.331 e. The average Bonchev–Trinajstić information content (AvgIpc) is 2.71. The van der Waals surface area contributed by atoms with Gasteiger partial charge in [-0.1, -0.05) is 0 Å². The van der Waals surface area contributed by atoms with Crippen LogP contribution in [-0.4, -0.2) is 38.6 Å². The molecule has 3 N–H and O–H groups in total. The van der Waals surface area contributed by atoms with Crippen LogP contribution in [-0.2, 0) is 10.5 Å². The Morgan fingerprint density at radius 1 is 1.68 bits per heavy atom. The van der Waals surface area contributed by atoms with Crippen molar-refractivity contribution in [3.8, 4) is 6.07 Å². The molecule has 9 heteroatoms. The van der Waals surface area contributed by atoms with E-state index >= 15 is 0 Å². The highest BCUT2D eigenvalue weighted by Crippen LogP contribution is 2.33. The van der Waals surface area contributed by atoms with Gasteiger partial charge in [-0.2, -0.15) is 5.26 Å². The van der Waals surface area contributed by atoms with Gasteiger partial charge in [-0.05, 0) is 22.6 Å². The minimum atomic E-state index is -1.73. The Bertz CT molecular complexity index is 648. The van der Waals surface area contributed by atoms with Gasteiger partial charge in [0.15, 0.2) is 0 Å². The summed E-state index contributed by atoms with van der Waals surface area (Å²) in [7, 11) is 0. The molecule has 1 fully saturated rings. The number of aliphatic hydroxyl groups excluding tert-OH is 2. The molecule has 1 aliphatic heterocycles. The summed E-state index contributed by atoms with van der Waals surface area (Å²) in [6.07, 6.45) is -0.994. The van der Waals surface area contributed by atoms with E-state index in [1.165, 1.54) is 6.20 Å². The van der Waals surface area contributed by atoms with E-state index in [2.05, 4.69) is 4.98 Å². The van der Waals surface area contributed by atoms with Crippen molar-refractivity contribution in [1.29, 1.82) is 5.26 Å². The third-order valence-corrected chi connectivity index (χ3v) is 3.67. The largest absolute Gasteiger partial charge is 0.394 e. The number of nitrogens with one attached hydrogen (secondary N) is 1. The van der Waals surface area contributed by atoms with E-state index in [1.807, 2.05) is 6.07 Å². The van der Waals surface area contributed by atoms with Gasteiger partial charge in [0.05, 0.1) is 16.3 Å². The number of aliphatic hydroxyl groups is 2. The van der Waals surface area contributed by atoms with Crippen molar-refractivity contribution < 1.29 is 14.9 Å². The molecule has 2 rings (SSSR count). The summed E-state index contributed by atoms with van der Waals surface area (Å²) >= 11 is 1.72. The Kier molecular flexibility index (Phi) is 3.77. The molecule has 19 heavy (non-hydrogen) atoms. The molecule has 1 aliphatic rings. The lowest BCUT2D eigenvalue weighted by molar-refractivity contribution is -0.0848. The highest BCUT2D eigenvalue weighted by molar-refractivity contribution is 14.1. The molecule has 2 heterocycles. The Hall–Kier alpha value is -1.22. The van der Waals surface area contributed by atoms with E-state index < -0.39 is 35.8 Å². The molecule has 0 unspecified atom stereocenters. The van der Waals surface area contributed by atoms with E-state index in [4.69, 9.17) is 9.84 Å². The summed E-state index contributed by atoms with van der Waals surface area (Å²) < 4.78 is 6.43. The molecular formula is C10H10IN3O5. The third-order valence-electron chi connectivity index (χ3n) is 2.90. The summed E-state index contributed by atoms with van der Waals surface area (Å²) in [5, 5.41) is 28.0. The second kappa shape index (κ2) is 5.04.